The minimum atomic E-state index is -0.181. The largest absolute Gasteiger partial charge is 0.345 e. The van der Waals surface area contributed by atoms with Crippen molar-refractivity contribution in [2.45, 2.75) is 13.3 Å². The molecule has 0 amide bonds. The fraction of sp³-hybridized carbons (Fsp3) is 0.200. The van der Waals surface area contributed by atoms with E-state index in [-0.39, 0.29) is 5.82 Å². The van der Waals surface area contributed by atoms with Crippen LogP contribution >= 0.6 is 0 Å². The molecule has 0 N–H and O–H groups in total. The number of allylic oxidation sites excluding steroid dienone is 3. The third-order valence-corrected chi connectivity index (χ3v) is 3.06. The first-order valence-electron chi connectivity index (χ1n) is 5.73. The van der Waals surface area contributed by atoms with Gasteiger partial charge in [-0.15, -0.1) is 0 Å². The van der Waals surface area contributed by atoms with Crippen molar-refractivity contribution in [3.63, 3.8) is 0 Å². The Balaban J connectivity index is 2.50. The summed E-state index contributed by atoms with van der Waals surface area (Å²) < 4.78 is 13.2. The molecule has 17 heavy (non-hydrogen) atoms. The van der Waals surface area contributed by atoms with Crippen LogP contribution in [0.1, 0.15) is 18.1 Å². The van der Waals surface area contributed by atoms with E-state index in [1.165, 1.54) is 6.07 Å². The number of likely N-dealkylation sites (N-methyl/N-ethyl adjacent to an activating group) is 1. The first-order chi connectivity index (χ1) is 8.13. The number of benzene rings is 1. The van der Waals surface area contributed by atoms with Crippen LogP contribution in [0.15, 0.2) is 48.7 Å². The van der Waals surface area contributed by atoms with Crippen molar-refractivity contribution >= 4 is 5.70 Å². The zero-order chi connectivity index (χ0) is 12.4. The molecule has 0 radical (unpaired) electrons. The SMILES string of the molecule is C=C1C=CC=C(c2ccc(F)cc2CC)N1C. The maximum atomic E-state index is 13.2. The molecule has 0 bridgehead atoms. The van der Waals surface area contributed by atoms with Crippen molar-refractivity contribution in [2.24, 2.45) is 0 Å². The third kappa shape index (κ3) is 2.16. The Hall–Kier alpha value is -1.83. The average molecular weight is 229 g/mol. The predicted octanol–water partition coefficient (Wildman–Crippen LogP) is 3.74. The lowest BCUT2D eigenvalue weighted by Gasteiger charge is -2.27. The number of rotatable bonds is 2. The quantitative estimate of drug-likeness (QED) is 0.746. The summed E-state index contributed by atoms with van der Waals surface area (Å²) in [5.41, 5.74) is 4.09. The zero-order valence-electron chi connectivity index (χ0n) is 10.2. The van der Waals surface area contributed by atoms with Crippen molar-refractivity contribution in [1.29, 1.82) is 0 Å². The second-order valence-electron chi connectivity index (χ2n) is 4.12. The molecule has 0 aliphatic carbocycles. The van der Waals surface area contributed by atoms with Crippen LogP contribution in [-0.2, 0) is 6.42 Å². The highest BCUT2D eigenvalue weighted by Gasteiger charge is 2.14. The maximum absolute atomic E-state index is 13.2. The van der Waals surface area contributed by atoms with Crippen LogP contribution in [0, 0.1) is 5.82 Å². The van der Waals surface area contributed by atoms with Crippen LogP contribution in [0.5, 0.6) is 0 Å². The molecule has 1 aliphatic rings. The summed E-state index contributed by atoms with van der Waals surface area (Å²) in [6.45, 7) is 6.00. The zero-order valence-corrected chi connectivity index (χ0v) is 10.2. The molecule has 0 saturated heterocycles. The standard InChI is InChI=1S/C15H16FN/c1-4-12-10-13(16)8-9-14(12)15-7-5-6-11(2)17(15)3/h5-10H,2,4H2,1,3H3. The van der Waals surface area contributed by atoms with Gasteiger partial charge in [0, 0.05) is 24.0 Å². The minimum absolute atomic E-state index is 0.181. The number of halogens is 1. The first-order valence-corrected chi connectivity index (χ1v) is 5.73. The summed E-state index contributed by atoms with van der Waals surface area (Å²) in [6, 6.07) is 4.94. The van der Waals surface area contributed by atoms with E-state index in [0.29, 0.717) is 0 Å². The Kier molecular flexibility index (Phi) is 3.14. The lowest BCUT2D eigenvalue weighted by Crippen LogP contribution is -2.17. The summed E-state index contributed by atoms with van der Waals surface area (Å²) >= 11 is 0. The van der Waals surface area contributed by atoms with E-state index in [2.05, 4.69) is 6.58 Å². The minimum Gasteiger partial charge on any atom is -0.345 e. The average Bonchev–Trinajstić information content (AvgIpc) is 2.33. The van der Waals surface area contributed by atoms with Crippen LogP contribution in [0.3, 0.4) is 0 Å². The smallest absolute Gasteiger partial charge is 0.123 e. The molecular formula is C15H16FN. The molecule has 2 heteroatoms. The third-order valence-electron chi connectivity index (χ3n) is 3.06. The number of nitrogens with zero attached hydrogens (tertiary/aromatic N) is 1. The molecule has 0 atom stereocenters. The van der Waals surface area contributed by atoms with Gasteiger partial charge in [-0.2, -0.15) is 0 Å². The van der Waals surface area contributed by atoms with E-state index < -0.39 is 0 Å². The van der Waals surface area contributed by atoms with E-state index in [1.807, 2.05) is 43.2 Å². The Morgan fingerprint density at radius 1 is 1.35 bits per heavy atom. The van der Waals surface area contributed by atoms with Gasteiger partial charge in [-0.05, 0) is 42.3 Å². The van der Waals surface area contributed by atoms with Crippen molar-refractivity contribution in [2.75, 3.05) is 7.05 Å². The van der Waals surface area contributed by atoms with E-state index >= 15 is 0 Å². The molecule has 0 fully saturated rings. The molecule has 88 valence electrons. The lowest BCUT2D eigenvalue weighted by molar-refractivity contribution is 0.609. The van der Waals surface area contributed by atoms with Gasteiger partial charge in [0.25, 0.3) is 0 Å². The Bertz CT molecular complexity index is 512. The van der Waals surface area contributed by atoms with Gasteiger partial charge in [-0.25, -0.2) is 4.39 Å². The van der Waals surface area contributed by atoms with Crippen LogP contribution in [0.2, 0.25) is 0 Å². The summed E-state index contributed by atoms with van der Waals surface area (Å²) in [6.07, 6.45) is 6.77. The second kappa shape index (κ2) is 4.58. The lowest BCUT2D eigenvalue weighted by atomic mass is 9.99. The molecule has 1 aliphatic heterocycles. The van der Waals surface area contributed by atoms with Gasteiger partial charge in [0.05, 0.1) is 0 Å². The van der Waals surface area contributed by atoms with Crippen molar-refractivity contribution in [3.8, 4) is 0 Å². The Labute approximate surface area is 102 Å². The topological polar surface area (TPSA) is 3.24 Å². The van der Waals surface area contributed by atoms with Gasteiger partial charge in [0.1, 0.15) is 5.82 Å². The summed E-state index contributed by atoms with van der Waals surface area (Å²) in [4.78, 5) is 2.02. The molecule has 1 nitrogen and oxygen atoms in total. The summed E-state index contributed by atoms with van der Waals surface area (Å²) in [7, 11) is 1.97. The van der Waals surface area contributed by atoms with Crippen LogP contribution in [-0.4, -0.2) is 11.9 Å². The molecule has 0 unspecified atom stereocenters. The van der Waals surface area contributed by atoms with E-state index in [4.69, 9.17) is 0 Å². The van der Waals surface area contributed by atoms with E-state index in [9.17, 15) is 4.39 Å². The van der Waals surface area contributed by atoms with Gasteiger partial charge in [-0.1, -0.05) is 19.6 Å². The highest BCUT2D eigenvalue weighted by atomic mass is 19.1. The summed E-state index contributed by atoms with van der Waals surface area (Å²) in [5, 5.41) is 0. The number of hydrogen-bond donors (Lipinski definition) is 0. The highest BCUT2D eigenvalue weighted by Crippen LogP contribution is 2.28. The van der Waals surface area contributed by atoms with Gasteiger partial charge < -0.3 is 4.90 Å². The van der Waals surface area contributed by atoms with Crippen LogP contribution in [0.25, 0.3) is 5.70 Å². The number of aryl methyl sites for hydroxylation is 1. The first kappa shape index (κ1) is 11.6. The molecule has 0 saturated carbocycles. The molecule has 0 aromatic heterocycles. The summed E-state index contributed by atoms with van der Waals surface area (Å²) in [5.74, 6) is -0.181. The molecule has 1 aromatic carbocycles. The van der Waals surface area contributed by atoms with Crippen molar-refractivity contribution in [1.82, 2.24) is 4.90 Å². The van der Waals surface area contributed by atoms with Crippen LogP contribution < -0.4 is 0 Å². The van der Waals surface area contributed by atoms with Gasteiger partial charge >= 0.3 is 0 Å². The maximum Gasteiger partial charge on any atom is 0.123 e. The van der Waals surface area contributed by atoms with Gasteiger partial charge in [-0.3, -0.25) is 0 Å². The molecule has 2 rings (SSSR count). The number of hydrogen-bond acceptors (Lipinski definition) is 1. The second-order valence-corrected chi connectivity index (χ2v) is 4.12. The van der Waals surface area contributed by atoms with Crippen LogP contribution in [0.4, 0.5) is 4.39 Å². The fourth-order valence-corrected chi connectivity index (χ4v) is 2.00. The predicted molar refractivity (Wildman–Crippen MR) is 69.8 cm³/mol. The highest BCUT2D eigenvalue weighted by molar-refractivity contribution is 5.71. The monoisotopic (exact) mass is 229 g/mol. The van der Waals surface area contributed by atoms with Gasteiger partial charge in [0.15, 0.2) is 0 Å². The molecular weight excluding hydrogens is 213 g/mol. The fourth-order valence-electron chi connectivity index (χ4n) is 2.00. The molecule has 0 spiro atoms. The Morgan fingerprint density at radius 2 is 2.12 bits per heavy atom. The molecule has 1 heterocycles. The Morgan fingerprint density at radius 3 is 2.82 bits per heavy atom. The van der Waals surface area contributed by atoms with Crippen molar-refractivity contribution < 1.29 is 4.39 Å². The normalized spacial score (nSPS) is 15.1. The molecule has 1 aromatic rings. The van der Waals surface area contributed by atoms with E-state index in [1.54, 1.807) is 6.07 Å². The van der Waals surface area contributed by atoms with Crippen molar-refractivity contribution in [3.05, 3.63) is 65.6 Å². The van der Waals surface area contributed by atoms with Gasteiger partial charge in [0.2, 0.25) is 0 Å². The van der Waals surface area contributed by atoms with E-state index in [0.717, 1.165) is 28.9 Å².